The first-order chi connectivity index (χ1) is 15.5. The Balaban J connectivity index is 1.38. The predicted octanol–water partition coefficient (Wildman–Crippen LogP) is 7.62. The van der Waals surface area contributed by atoms with Crippen LogP contribution >= 0.6 is 23.2 Å². The number of furan rings is 1. The molecular weight excluding hydrogens is 447 g/mol. The van der Waals surface area contributed by atoms with Gasteiger partial charge in [0.2, 0.25) is 5.89 Å². The molecule has 158 valence electrons. The molecule has 2 heterocycles. The minimum absolute atomic E-state index is 0.150. The molecule has 32 heavy (non-hydrogen) atoms. The molecule has 0 unspecified atom stereocenters. The second-order valence-electron chi connectivity index (χ2n) is 7.29. The van der Waals surface area contributed by atoms with Crippen molar-refractivity contribution in [1.29, 1.82) is 0 Å². The van der Waals surface area contributed by atoms with Gasteiger partial charge < -0.3 is 14.2 Å². The van der Waals surface area contributed by atoms with Crippen LogP contribution in [0.15, 0.2) is 81.6 Å². The zero-order chi connectivity index (χ0) is 22.2. The van der Waals surface area contributed by atoms with Crippen molar-refractivity contribution in [2.24, 2.45) is 0 Å². The normalized spacial score (nSPS) is 11.1. The SMILES string of the molecule is Cc1cccc(-c2nc3cc(NC(=O)c4ccc(-c5cccc(Cl)c5Cl)o4)ccc3o2)c1. The molecule has 0 saturated heterocycles. The molecular formula is C25H16Cl2N2O3. The third kappa shape index (κ3) is 3.88. The smallest absolute Gasteiger partial charge is 0.291 e. The number of hydrogen-bond donors (Lipinski definition) is 1. The van der Waals surface area contributed by atoms with Crippen LogP contribution in [0.5, 0.6) is 0 Å². The third-order valence-corrected chi connectivity index (χ3v) is 5.78. The summed E-state index contributed by atoms with van der Waals surface area (Å²) in [5.74, 6) is 0.742. The highest BCUT2D eigenvalue weighted by atomic mass is 35.5. The highest BCUT2D eigenvalue weighted by molar-refractivity contribution is 6.43. The molecule has 0 aliphatic rings. The number of halogens is 2. The lowest BCUT2D eigenvalue weighted by atomic mass is 10.1. The molecule has 0 fully saturated rings. The van der Waals surface area contributed by atoms with Gasteiger partial charge in [0.25, 0.3) is 5.91 Å². The second-order valence-corrected chi connectivity index (χ2v) is 8.08. The number of rotatable bonds is 4. The summed E-state index contributed by atoms with van der Waals surface area (Å²) in [7, 11) is 0. The first-order valence-corrected chi connectivity index (χ1v) is 10.6. The Hall–Kier alpha value is -3.54. The number of carbonyl (C=O) groups is 1. The largest absolute Gasteiger partial charge is 0.451 e. The summed E-state index contributed by atoms with van der Waals surface area (Å²) in [5.41, 5.74) is 4.49. The summed E-state index contributed by atoms with van der Waals surface area (Å²) in [4.78, 5) is 17.3. The van der Waals surface area contributed by atoms with E-state index in [1.54, 1.807) is 48.5 Å². The van der Waals surface area contributed by atoms with Gasteiger partial charge in [0.05, 0.1) is 10.0 Å². The molecule has 1 N–H and O–H groups in total. The van der Waals surface area contributed by atoms with Crippen molar-refractivity contribution in [3.05, 3.63) is 94.2 Å². The van der Waals surface area contributed by atoms with Gasteiger partial charge in [-0.1, -0.05) is 47.0 Å². The van der Waals surface area contributed by atoms with E-state index in [-0.39, 0.29) is 5.76 Å². The maximum Gasteiger partial charge on any atom is 0.291 e. The first-order valence-electron chi connectivity index (χ1n) is 9.81. The van der Waals surface area contributed by atoms with Crippen molar-refractivity contribution in [1.82, 2.24) is 4.98 Å². The van der Waals surface area contributed by atoms with Crippen molar-refractivity contribution >= 4 is 45.9 Å². The number of nitrogens with zero attached hydrogens (tertiary/aromatic N) is 1. The van der Waals surface area contributed by atoms with Crippen LogP contribution in [-0.2, 0) is 0 Å². The molecule has 0 atom stereocenters. The lowest BCUT2D eigenvalue weighted by Gasteiger charge is -2.04. The number of fused-ring (bicyclic) bond motifs is 1. The maximum atomic E-state index is 12.7. The Bertz CT molecular complexity index is 1470. The van der Waals surface area contributed by atoms with E-state index < -0.39 is 5.91 Å². The van der Waals surface area contributed by atoms with Gasteiger partial charge in [-0.2, -0.15) is 0 Å². The molecule has 0 aliphatic heterocycles. The summed E-state index contributed by atoms with van der Waals surface area (Å²) in [5, 5.41) is 3.61. The molecule has 3 aromatic carbocycles. The van der Waals surface area contributed by atoms with Crippen LogP contribution in [0.2, 0.25) is 10.0 Å². The molecule has 0 bridgehead atoms. The molecule has 1 amide bonds. The van der Waals surface area contributed by atoms with E-state index in [4.69, 9.17) is 32.0 Å². The number of amides is 1. The zero-order valence-corrected chi connectivity index (χ0v) is 18.4. The average molecular weight is 463 g/mol. The van der Waals surface area contributed by atoms with Crippen LogP contribution in [0.1, 0.15) is 16.1 Å². The molecule has 0 spiro atoms. The Kier molecular flexibility index (Phi) is 5.21. The lowest BCUT2D eigenvalue weighted by Crippen LogP contribution is -2.10. The number of nitrogens with one attached hydrogen (secondary N) is 1. The molecule has 0 radical (unpaired) electrons. The van der Waals surface area contributed by atoms with Crippen molar-refractivity contribution in [2.45, 2.75) is 6.92 Å². The lowest BCUT2D eigenvalue weighted by molar-refractivity contribution is 0.0997. The highest BCUT2D eigenvalue weighted by Gasteiger charge is 2.16. The van der Waals surface area contributed by atoms with Crippen molar-refractivity contribution in [3.63, 3.8) is 0 Å². The fourth-order valence-electron chi connectivity index (χ4n) is 3.40. The Morgan fingerprint density at radius 1 is 0.938 bits per heavy atom. The fourth-order valence-corrected chi connectivity index (χ4v) is 3.79. The molecule has 0 saturated carbocycles. The number of aromatic nitrogens is 1. The number of hydrogen-bond acceptors (Lipinski definition) is 4. The van der Waals surface area contributed by atoms with E-state index >= 15 is 0 Å². The van der Waals surface area contributed by atoms with Crippen LogP contribution in [0, 0.1) is 6.92 Å². The van der Waals surface area contributed by atoms with Crippen LogP contribution in [0.3, 0.4) is 0 Å². The second kappa shape index (κ2) is 8.19. The van der Waals surface area contributed by atoms with E-state index in [9.17, 15) is 4.79 Å². The Labute approximate surface area is 193 Å². The average Bonchev–Trinajstić information content (AvgIpc) is 3.43. The summed E-state index contributed by atoms with van der Waals surface area (Å²) >= 11 is 12.3. The minimum Gasteiger partial charge on any atom is -0.451 e. The van der Waals surface area contributed by atoms with Crippen molar-refractivity contribution in [3.8, 4) is 22.8 Å². The number of oxazole rings is 1. The van der Waals surface area contributed by atoms with E-state index in [2.05, 4.69) is 10.3 Å². The van der Waals surface area contributed by atoms with Crippen LogP contribution in [-0.4, -0.2) is 10.9 Å². The molecule has 0 aliphatic carbocycles. The van der Waals surface area contributed by atoms with Gasteiger partial charge in [0.15, 0.2) is 11.3 Å². The Morgan fingerprint density at radius 2 is 1.78 bits per heavy atom. The van der Waals surface area contributed by atoms with Gasteiger partial charge in [-0.3, -0.25) is 4.79 Å². The first kappa shape index (κ1) is 20.4. The maximum absolute atomic E-state index is 12.7. The summed E-state index contributed by atoms with van der Waals surface area (Å²) in [6.07, 6.45) is 0. The van der Waals surface area contributed by atoms with E-state index in [0.29, 0.717) is 44.0 Å². The fraction of sp³-hybridized carbons (Fsp3) is 0.0400. The van der Waals surface area contributed by atoms with Gasteiger partial charge >= 0.3 is 0 Å². The highest BCUT2D eigenvalue weighted by Crippen LogP contribution is 2.34. The molecule has 5 nitrogen and oxygen atoms in total. The molecule has 7 heteroatoms. The van der Waals surface area contributed by atoms with Crippen molar-refractivity contribution in [2.75, 3.05) is 5.32 Å². The zero-order valence-electron chi connectivity index (χ0n) is 16.9. The van der Waals surface area contributed by atoms with Gasteiger partial charge in [0.1, 0.15) is 11.3 Å². The Morgan fingerprint density at radius 3 is 2.62 bits per heavy atom. The summed E-state index contributed by atoms with van der Waals surface area (Å²) in [6.45, 7) is 2.01. The topological polar surface area (TPSA) is 68.3 Å². The van der Waals surface area contributed by atoms with Crippen molar-refractivity contribution < 1.29 is 13.6 Å². The van der Waals surface area contributed by atoms with E-state index in [0.717, 1.165) is 11.1 Å². The number of aryl methyl sites for hydroxylation is 1. The van der Waals surface area contributed by atoms with Crippen LogP contribution in [0.25, 0.3) is 33.9 Å². The monoisotopic (exact) mass is 462 g/mol. The third-order valence-electron chi connectivity index (χ3n) is 4.96. The van der Waals surface area contributed by atoms with Gasteiger partial charge in [0, 0.05) is 16.8 Å². The number of benzene rings is 3. The summed E-state index contributed by atoms with van der Waals surface area (Å²) < 4.78 is 11.6. The molecule has 5 aromatic rings. The van der Waals surface area contributed by atoms with Gasteiger partial charge in [-0.25, -0.2) is 4.98 Å². The quantitative estimate of drug-likeness (QED) is 0.298. The van der Waals surface area contributed by atoms with Crippen LogP contribution < -0.4 is 5.32 Å². The van der Waals surface area contributed by atoms with E-state index in [1.807, 2.05) is 31.2 Å². The van der Waals surface area contributed by atoms with Gasteiger partial charge in [-0.15, -0.1) is 0 Å². The van der Waals surface area contributed by atoms with Gasteiger partial charge in [-0.05, 0) is 61.5 Å². The predicted molar refractivity (Wildman–Crippen MR) is 126 cm³/mol. The molecule has 2 aromatic heterocycles. The number of carbonyl (C=O) groups excluding carboxylic acids is 1. The summed E-state index contributed by atoms with van der Waals surface area (Å²) in [6, 6.07) is 21.7. The van der Waals surface area contributed by atoms with Crippen LogP contribution in [0.4, 0.5) is 5.69 Å². The van der Waals surface area contributed by atoms with E-state index in [1.165, 1.54) is 0 Å². The standard InChI is InChI=1S/C25H16Cl2N2O3/c1-14-4-2-5-15(12-14)25-29-19-13-16(8-9-21(19)32-25)28-24(30)22-11-10-20(31-22)17-6-3-7-18(26)23(17)27/h2-13H,1H3,(H,28,30). The minimum atomic E-state index is -0.392. The number of anilines is 1. The molecule has 5 rings (SSSR count).